The third kappa shape index (κ3) is 9.44. The zero-order valence-electron chi connectivity index (χ0n) is 27.1. The van der Waals surface area contributed by atoms with E-state index in [-0.39, 0.29) is 0 Å². The Labute approximate surface area is 302 Å². The molecule has 3 aromatic carbocycles. The van der Waals surface area contributed by atoms with Crippen molar-refractivity contribution in [2.75, 3.05) is 52.4 Å². The van der Waals surface area contributed by atoms with Crippen molar-refractivity contribution >= 4 is 56.1 Å². The number of hydrogen-bond donors (Lipinski definition) is 1. The fraction of sp³-hybridized carbons (Fsp3) is 0.432. The number of hydrogen-bond acceptors (Lipinski definition) is 8. The van der Waals surface area contributed by atoms with Crippen molar-refractivity contribution in [3.8, 4) is 16.2 Å². The molecule has 2 aliphatic heterocycles. The Hall–Kier alpha value is -1.85. The fourth-order valence-electron chi connectivity index (χ4n) is 6.59. The van der Waals surface area contributed by atoms with Crippen LogP contribution in [-0.4, -0.2) is 77.1 Å². The summed E-state index contributed by atoms with van der Waals surface area (Å²) in [5, 5.41) is 13.3. The summed E-state index contributed by atoms with van der Waals surface area (Å²) in [6.45, 7) is 13.5. The molecule has 1 aromatic heterocycles. The lowest BCUT2D eigenvalue weighted by Gasteiger charge is -2.36. The second-order valence-corrected chi connectivity index (χ2v) is 16.6. The zero-order chi connectivity index (χ0) is 32.8. The summed E-state index contributed by atoms with van der Waals surface area (Å²) in [7, 11) is 3.51. The van der Waals surface area contributed by atoms with Crippen molar-refractivity contribution in [3.05, 3.63) is 102 Å². The highest BCUT2D eigenvalue weighted by Gasteiger charge is 2.23. The molecule has 250 valence electrons. The molecule has 0 spiro atoms. The van der Waals surface area contributed by atoms with Gasteiger partial charge < -0.3 is 5.11 Å². The first-order valence-electron chi connectivity index (χ1n) is 16.7. The molecule has 0 radical (unpaired) electrons. The van der Waals surface area contributed by atoms with Crippen LogP contribution in [0.1, 0.15) is 47.6 Å². The minimum absolute atomic E-state index is 0.454. The molecule has 2 aliphatic rings. The fourth-order valence-corrected chi connectivity index (χ4v) is 9.83. The quantitative estimate of drug-likeness (QED) is 0.116. The van der Waals surface area contributed by atoms with Gasteiger partial charge in [0, 0.05) is 99.7 Å². The van der Waals surface area contributed by atoms with Crippen LogP contribution in [0.3, 0.4) is 0 Å². The van der Waals surface area contributed by atoms with E-state index in [1.807, 2.05) is 24.3 Å². The van der Waals surface area contributed by atoms with Crippen LogP contribution in [0.5, 0.6) is 5.75 Å². The van der Waals surface area contributed by atoms with E-state index in [2.05, 4.69) is 62.9 Å². The molecule has 5 nitrogen and oxygen atoms in total. The highest BCUT2D eigenvalue weighted by molar-refractivity contribution is 7.80. The van der Waals surface area contributed by atoms with Crippen molar-refractivity contribution in [1.29, 1.82) is 0 Å². The lowest BCUT2D eigenvalue weighted by Crippen LogP contribution is -2.45. The lowest BCUT2D eigenvalue weighted by atomic mass is 9.98. The van der Waals surface area contributed by atoms with Gasteiger partial charge in [0.15, 0.2) is 0 Å². The maximum Gasteiger partial charge on any atom is 0.124 e. The minimum Gasteiger partial charge on any atom is -0.507 e. The molecular formula is C37H44Cl2N4OS3. The number of unbranched alkanes of at least 4 members (excludes halogenated alkanes) is 1. The number of piperazine rings is 2. The lowest BCUT2D eigenvalue weighted by molar-refractivity contribution is 0.119. The predicted molar refractivity (Wildman–Crippen MR) is 203 cm³/mol. The summed E-state index contributed by atoms with van der Waals surface area (Å²) in [5.41, 5.74) is 7.15. The molecule has 2 saturated heterocycles. The Kier molecular flexibility index (Phi) is 12.4. The van der Waals surface area contributed by atoms with Gasteiger partial charge in [0.05, 0.1) is 4.88 Å². The van der Waals surface area contributed by atoms with Crippen LogP contribution in [0.4, 0.5) is 0 Å². The number of benzene rings is 3. The van der Waals surface area contributed by atoms with E-state index in [1.165, 1.54) is 27.1 Å². The van der Waals surface area contributed by atoms with Crippen LogP contribution in [0.15, 0.2) is 60.7 Å². The van der Waals surface area contributed by atoms with Gasteiger partial charge in [0.1, 0.15) is 9.57 Å². The van der Waals surface area contributed by atoms with Crippen molar-refractivity contribution < 1.29 is 5.11 Å². The van der Waals surface area contributed by atoms with Crippen LogP contribution >= 0.6 is 56.1 Å². The molecule has 0 unspecified atom stereocenters. The minimum atomic E-state index is 0.454. The molecule has 10 heteroatoms. The molecular weight excluding hydrogens is 684 g/mol. The monoisotopic (exact) mass is 726 g/mol. The highest BCUT2D eigenvalue weighted by Crippen LogP contribution is 2.39. The van der Waals surface area contributed by atoms with E-state index < -0.39 is 0 Å². The third-order valence-corrected chi connectivity index (χ3v) is 13.1. The standard InChI is InChI=1S/C37H44Cl2N4OS3/c1-2-3-4-34-36(46-47-37(34)45)29-21-30(25-42-17-13-40(14-18-42)23-27-5-9-32(38)10-6-27)35(44)31(22-29)26-43-19-15-41(16-20-43)24-28-7-11-33(39)12-8-28/h5-12,21-22,44H,2-4,13-20,23-26H2,1H3. The van der Waals surface area contributed by atoms with E-state index in [4.69, 9.17) is 35.4 Å². The average Bonchev–Trinajstić information content (AvgIpc) is 3.45. The Morgan fingerprint density at radius 2 is 1.09 bits per heavy atom. The Bertz CT molecular complexity index is 1570. The first kappa shape index (κ1) is 35.0. The smallest absolute Gasteiger partial charge is 0.124 e. The molecule has 6 rings (SSSR count). The molecule has 0 saturated carbocycles. The summed E-state index contributed by atoms with van der Waals surface area (Å²) < 4.78 is 1.02. The normalized spacial score (nSPS) is 17.0. The second-order valence-electron chi connectivity index (χ2n) is 12.9. The van der Waals surface area contributed by atoms with Crippen LogP contribution in [0.2, 0.25) is 10.0 Å². The number of rotatable bonds is 12. The van der Waals surface area contributed by atoms with E-state index in [1.54, 1.807) is 20.7 Å². The second kappa shape index (κ2) is 16.7. The van der Waals surface area contributed by atoms with Gasteiger partial charge >= 0.3 is 0 Å². The number of halogens is 2. The molecule has 1 N–H and O–H groups in total. The summed E-state index contributed by atoms with van der Waals surface area (Å²) >= 11 is 18.0. The van der Waals surface area contributed by atoms with Gasteiger partial charge in [-0.2, -0.15) is 0 Å². The Morgan fingerprint density at radius 1 is 0.660 bits per heavy atom. The van der Waals surface area contributed by atoms with E-state index in [0.29, 0.717) is 5.75 Å². The number of aromatic hydroxyl groups is 1. The Morgan fingerprint density at radius 3 is 1.51 bits per heavy atom. The third-order valence-electron chi connectivity index (χ3n) is 9.39. The first-order valence-corrected chi connectivity index (χ1v) is 20.0. The van der Waals surface area contributed by atoms with Crippen LogP contribution in [0, 0.1) is 3.82 Å². The van der Waals surface area contributed by atoms with Gasteiger partial charge in [-0.25, -0.2) is 0 Å². The maximum atomic E-state index is 11.8. The van der Waals surface area contributed by atoms with Gasteiger partial charge in [0.25, 0.3) is 0 Å². The van der Waals surface area contributed by atoms with Gasteiger partial charge in [-0.3, -0.25) is 19.6 Å². The number of phenols is 1. The molecule has 3 heterocycles. The van der Waals surface area contributed by atoms with Crippen molar-refractivity contribution in [2.24, 2.45) is 0 Å². The molecule has 0 atom stereocenters. The van der Waals surface area contributed by atoms with Crippen LogP contribution in [-0.2, 0) is 32.6 Å². The maximum absolute atomic E-state index is 11.8. The van der Waals surface area contributed by atoms with E-state index >= 15 is 0 Å². The molecule has 47 heavy (non-hydrogen) atoms. The summed E-state index contributed by atoms with van der Waals surface area (Å²) in [4.78, 5) is 11.3. The molecule has 0 amide bonds. The average molecular weight is 728 g/mol. The summed E-state index contributed by atoms with van der Waals surface area (Å²) in [6.07, 6.45) is 3.30. The highest BCUT2D eigenvalue weighted by atomic mass is 35.5. The zero-order valence-corrected chi connectivity index (χ0v) is 31.1. The van der Waals surface area contributed by atoms with Crippen molar-refractivity contribution in [3.63, 3.8) is 0 Å². The van der Waals surface area contributed by atoms with Gasteiger partial charge in [-0.1, -0.05) is 93.7 Å². The molecule has 0 aliphatic carbocycles. The van der Waals surface area contributed by atoms with Gasteiger partial charge in [0.2, 0.25) is 0 Å². The Balaban J connectivity index is 1.16. The van der Waals surface area contributed by atoms with Crippen molar-refractivity contribution in [2.45, 2.75) is 52.4 Å². The first-order chi connectivity index (χ1) is 22.8. The van der Waals surface area contributed by atoms with E-state index in [9.17, 15) is 5.11 Å². The topological polar surface area (TPSA) is 33.2 Å². The van der Waals surface area contributed by atoms with E-state index in [0.717, 1.165) is 123 Å². The number of phenolic OH excluding ortho intramolecular Hbond substituents is 1. The van der Waals surface area contributed by atoms with Crippen LogP contribution < -0.4 is 0 Å². The SMILES string of the molecule is CCCCc1c(-c2cc(CN3CCN(Cc4ccc(Cl)cc4)CC3)c(O)c(CN3CCN(Cc4ccc(Cl)cc4)CC3)c2)ssc1=S. The predicted octanol–water partition coefficient (Wildman–Crippen LogP) is 9.20. The summed E-state index contributed by atoms with van der Waals surface area (Å²) in [5.74, 6) is 0.454. The summed E-state index contributed by atoms with van der Waals surface area (Å²) in [6, 6.07) is 20.8. The van der Waals surface area contributed by atoms with Gasteiger partial charge in [-0.15, -0.1) is 0 Å². The number of nitrogens with zero attached hydrogens (tertiary/aromatic N) is 4. The van der Waals surface area contributed by atoms with Crippen LogP contribution in [0.25, 0.3) is 10.4 Å². The van der Waals surface area contributed by atoms with Gasteiger partial charge in [-0.05, 0) is 71.5 Å². The molecule has 0 bridgehead atoms. The largest absolute Gasteiger partial charge is 0.507 e. The molecule has 2 fully saturated rings. The van der Waals surface area contributed by atoms with Crippen molar-refractivity contribution in [1.82, 2.24) is 19.6 Å². The molecule has 4 aromatic rings.